The van der Waals surface area contributed by atoms with Crippen LogP contribution >= 0.6 is 23.2 Å². The molecule has 0 radical (unpaired) electrons. The van der Waals surface area contributed by atoms with Crippen LogP contribution < -0.4 is 15.1 Å². The van der Waals surface area contributed by atoms with Gasteiger partial charge in [-0.1, -0.05) is 67.4 Å². The van der Waals surface area contributed by atoms with Gasteiger partial charge >= 0.3 is 0 Å². The van der Waals surface area contributed by atoms with E-state index in [0.717, 1.165) is 23.2 Å². The standard InChI is InChI=1S/C15H13Cl2NO.C8H8N2O2.C5H8N2O2/c1-10(19)9-11-5-2-3-8-14(11)18-15-12(16)6-4-7-13(15)17;1-2-6-3-4-7-8(5-6)10(11)12-9-7;1-3-5-4(2)6-9-7(5)8/h2-8,18H,9H2,1H3;3-5H,2H2,1H3;3H2,1-2H3. The predicted octanol–water partition coefficient (Wildman–Crippen LogP) is 6.07. The van der Waals surface area contributed by atoms with Gasteiger partial charge in [-0.05, 0) is 64.6 Å². The third-order valence-electron chi connectivity index (χ3n) is 5.76. The lowest BCUT2D eigenvalue weighted by atomic mass is 10.1. The molecule has 0 fully saturated rings. The Hall–Kier alpha value is -4.15. The highest BCUT2D eigenvalue weighted by atomic mass is 35.5. The Morgan fingerprint density at radius 2 is 1.60 bits per heavy atom. The molecule has 2 heterocycles. The second-order valence-electron chi connectivity index (χ2n) is 8.68. The number of nitrogens with zero attached hydrogens (tertiary/aromatic N) is 4. The normalized spacial score (nSPS) is 10.3. The lowest BCUT2D eigenvalue weighted by Crippen LogP contribution is -2.27. The molecule has 0 amide bonds. The summed E-state index contributed by atoms with van der Waals surface area (Å²) in [4.78, 5) is 12.1. The molecule has 2 aromatic heterocycles. The average molecular weight is 586 g/mol. The van der Waals surface area contributed by atoms with Gasteiger partial charge in [0.15, 0.2) is 5.69 Å². The largest absolute Gasteiger partial charge is 0.359 e. The van der Waals surface area contributed by atoms with Crippen molar-refractivity contribution in [3.05, 3.63) is 104 Å². The Morgan fingerprint density at radius 1 is 0.925 bits per heavy atom. The minimum atomic E-state index is 0.111. The highest BCUT2D eigenvalue weighted by molar-refractivity contribution is 6.39. The molecular weight excluding hydrogens is 557 g/mol. The number of nitrogens with one attached hydrogen (secondary N) is 1. The molecule has 0 aliphatic rings. The highest BCUT2D eigenvalue weighted by Crippen LogP contribution is 2.33. The van der Waals surface area contributed by atoms with E-state index >= 15 is 0 Å². The van der Waals surface area contributed by atoms with Crippen LogP contribution in [0.1, 0.15) is 43.3 Å². The van der Waals surface area contributed by atoms with Crippen molar-refractivity contribution in [3.63, 3.8) is 0 Å². The van der Waals surface area contributed by atoms with E-state index < -0.39 is 0 Å². The van der Waals surface area contributed by atoms with E-state index in [9.17, 15) is 15.2 Å². The van der Waals surface area contributed by atoms with Crippen LogP contribution in [-0.2, 0) is 24.1 Å². The molecule has 0 spiro atoms. The number of aromatic nitrogens is 4. The molecule has 0 aliphatic carbocycles. The molecular formula is C28H29Cl2N5O5. The van der Waals surface area contributed by atoms with Crippen LogP contribution in [0.25, 0.3) is 11.0 Å². The van der Waals surface area contributed by atoms with Crippen molar-refractivity contribution < 1.29 is 23.9 Å². The fraction of sp³-hybridized carbons (Fsp3) is 0.250. The molecule has 0 bridgehead atoms. The van der Waals surface area contributed by atoms with Crippen molar-refractivity contribution in [2.75, 3.05) is 5.32 Å². The summed E-state index contributed by atoms with van der Waals surface area (Å²) in [5.41, 5.74) is 5.90. The first-order valence-electron chi connectivity index (χ1n) is 12.5. The van der Waals surface area contributed by atoms with Gasteiger partial charge in [-0.15, -0.1) is 0 Å². The first-order valence-corrected chi connectivity index (χ1v) is 13.2. The average Bonchev–Trinajstić information content (AvgIpc) is 3.47. The van der Waals surface area contributed by atoms with Crippen molar-refractivity contribution in [3.8, 4) is 0 Å². The third kappa shape index (κ3) is 7.93. The van der Waals surface area contributed by atoms with E-state index in [4.69, 9.17) is 23.2 Å². The fourth-order valence-corrected chi connectivity index (χ4v) is 4.16. The van der Waals surface area contributed by atoms with Crippen molar-refractivity contribution in [1.29, 1.82) is 0 Å². The van der Waals surface area contributed by atoms with Crippen LogP contribution in [0.5, 0.6) is 0 Å². The van der Waals surface area contributed by atoms with Crippen molar-refractivity contribution in [1.82, 2.24) is 10.3 Å². The maximum atomic E-state index is 11.3. The van der Waals surface area contributed by atoms with Gasteiger partial charge in [0, 0.05) is 35.8 Å². The second-order valence-corrected chi connectivity index (χ2v) is 9.49. The van der Waals surface area contributed by atoms with E-state index in [2.05, 4.69) is 24.9 Å². The summed E-state index contributed by atoms with van der Waals surface area (Å²) in [5, 5.41) is 32.8. The smallest absolute Gasteiger partial charge is 0.248 e. The van der Waals surface area contributed by atoms with E-state index in [1.165, 1.54) is 0 Å². The Kier molecular flexibility index (Phi) is 10.9. The maximum Gasteiger partial charge on any atom is 0.248 e. The van der Waals surface area contributed by atoms with Gasteiger partial charge in [-0.3, -0.25) is 14.1 Å². The van der Waals surface area contributed by atoms with E-state index in [0.29, 0.717) is 60.8 Å². The van der Waals surface area contributed by atoms with Gasteiger partial charge in [-0.2, -0.15) is 0 Å². The first-order chi connectivity index (χ1) is 19.1. The number of aryl methyl sites for hydroxylation is 2. The summed E-state index contributed by atoms with van der Waals surface area (Å²) in [6, 6.07) is 18.4. The topological polar surface area (TPSA) is 135 Å². The van der Waals surface area contributed by atoms with Crippen molar-refractivity contribution >= 4 is 51.4 Å². The molecule has 10 nitrogen and oxygen atoms in total. The highest BCUT2D eigenvalue weighted by Gasteiger charge is 2.11. The van der Waals surface area contributed by atoms with Crippen LogP contribution in [0.3, 0.4) is 0 Å². The van der Waals surface area contributed by atoms with Gasteiger partial charge in [0.25, 0.3) is 0 Å². The number of para-hydroxylation sites is 2. The van der Waals surface area contributed by atoms with Gasteiger partial charge in [0.2, 0.25) is 16.7 Å². The number of anilines is 2. The molecule has 0 atom stereocenters. The number of hydrogen-bond donors (Lipinski definition) is 1. The zero-order valence-corrected chi connectivity index (χ0v) is 24.0. The number of Topliss-reactive ketones (excluding diaryl/α,β-unsaturated/α-hetero) is 1. The monoisotopic (exact) mass is 585 g/mol. The van der Waals surface area contributed by atoms with E-state index in [1.807, 2.05) is 44.2 Å². The number of carbonyl (C=O) groups excluding carboxylic acids is 1. The molecule has 3 aromatic carbocycles. The Balaban J connectivity index is 0.000000179. The summed E-state index contributed by atoms with van der Waals surface area (Å²) in [5.74, 6) is 0.111. The van der Waals surface area contributed by atoms with E-state index in [-0.39, 0.29) is 5.78 Å². The Morgan fingerprint density at radius 3 is 2.17 bits per heavy atom. The van der Waals surface area contributed by atoms with Crippen molar-refractivity contribution in [2.45, 2.75) is 47.0 Å². The number of halogens is 2. The summed E-state index contributed by atoms with van der Waals surface area (Å²) in [6.07, 6.45) is 1.95. The number of fused-ring (bicyclic) bond motifs is 1. The lowest BCUT2D eigenvalue weighted by molar-refractivity contribution is -0.807. The third-order valence-corrected chi connectivity index (χ3v) is 6.39. The molecule has 5 aromatic rings. The molecule has 1 N–H and O–H groups in total. The Labute approximate surface area is 241 Å². The molecule has 0 aliphatic heterocycles. The van der Waals surface area contributed by atoms with Crippen LogP contribution in [0.2, 0.25) is 10.0 Å². The number of hydrogen-bond acceptors (Lipinski definition) is 8. The molecule has 5 rings (SSSR count). The summed E-state index contributed by atoms with van der Waals surface area (Å²) < 4.78 is 8.72. The molecule has 0 unspecified atom stereocenters. The fourth-order valence-electron chi connectivity index (χ4n) is 3.67. The number of ketones is 1. The van der Waals surface area contributed by atoms with E-state index in [1.54, 1.807) is 44.2 Å². The van der Waals surface area contributed by atoms with Gasteiger partial charge < -0.3 is 15.7 Å². The van der Waals surface area contributed by atoms with Crippen LogP contribution in [-0.4, -0.2) is 16.1 Å². The van der Waals surface area contributed by atoms with Gasteiger partial charge in [-0.25, -0.2) is 0 Å². The minimum absolute atomic E-state index is 0.111. The maximum absolute atomic E-state index is 11.3. The zero-order chi connectivity index (χ0) is 29.2. The molecule has 0 saturated carbocycles. The summed E-state index contributed by atoms with van der Waals surface area (Å²) in [7, 11) is 0. The van der Waals surface area contributed by atoms with Gasteiger partial charge in [0.1, 0.15) is 5.78 Å². The molecule has 12 heteroatoms. The second kappa shape index (κ2) is 14.3. The molecule has 0 saturated heterocycles. The van der Waals surface area contributed by atoms with Gasteiger partial charge in [0.05, 0.1) is 15.7 Å². The first kappa shape index (κ1) is 30.4. The number of rotatable bonds is 6. The molecule has 210 valence electrons. The van der Waals surface area contributed by atoms with Crippen LogP contribution in [0.15, 0.2) is 69.9 Å². The predicted molar refractivity (Wildman–Crippen MR) is 152 cm³/mol. The SMILES string of the molecule is CC(=O)Cc1ccccc1Nc1c(Cl)cccc1Cl.CCc1c(C)no[n+]1[O-].CCc1ccc2no[n+]([O-])c2c1. The summed E-state index contributed by atoms with van der Waals surface area (Å²) in [6.45, 7) is 7.23. The zero-order valence-electron chi connectivity index (χ0n) is 22.5. The van der Waals surface area contributed by atoms with Crippen molar-refractivity contribution in [2.24, 2.45) is 0 Å². The Bertz CT molecular complexity index is 1550. The minimum Gasteiger partial charge on any atom is -0.359 e. The number of benzene rings is 3. The summed E-state index contributed by atoms with van der Waals surface area (Å²) >= 11 is 12.2. The quantitative estimate of drug-likeness (QED) is 0.237. The lowest BCUT2D eigenvalue weighted by Gasteiger charge is -2.13. The molecule has 40 heavy (non-hydrogen) atoms. The van der Waals surface area contributed by atoms with Crippen LogP contribution in [0.4, 0.5) is 11.4 Å². The number of carbonyl (C=O) groups is 1. The van der Waals surface area contributed by atoms with Crippen LogP contribution in [0, 0.1) is 17.3 Å².